The van der Waals surface area contributed by atoms with Gasteiger partial charge in [-0.25, -0.2) is 4.99 Å². The summed E-state index contributed by atoms with van der Waals surface area (Å²) >= 11 is 0. The SMILES string of the molecule is COc1ccc(CCNC(N)=NCc2ccc(OCC(F)(F)F)c(OC)c2)cc1. The van der Waals surface area contributed by atoms with Crippen LogP contribution in [0.2, 0.25) is 0 Å². The molecule has 0 saturated carbocycles. The lowest BCUT2D eigenvalue weighted by molar-refractivity contribution is -0.153. The van der Waals surface area contributed by atoms with E-state index in [2.05, 4.69) is 10.3 Å². The first-order valence-corrected chi connectivity index (χ1v) is 8.84. The number of nitrogens with zero attached hydrogens (tertiary/aromatic N) is 1. The molecule has 0 atom stereocenters. The summed E-state index contributed by atoms with van der Waals surface area (Å²) in [5.74, 6) is 1.29. The number of ether oxygens (including phenoxy) is 3. The predicted molar refractivity (Wildman–Crippen MR) is 105 cm³/mol. The van der Waals surface area contributed by atoms with E-state index < -0.39 is 12.8 Å². The van der Waals surface area contributed by atoms with Crippen LogP contribution in [0.15, 0.2) is 47.5 Å². The normalized spacial score (nSPS) is 11.8. The minimum Gasteiger partial charge on any atom is -0.497 e. The van der Waals surface area contributed by atoms with E-state index in [9.17, 15) is 13.2 Å². The largest absolute Gasteiger partial charge is 0.497 e. The number of nitrogens with one attached hydrogen (secondary N) is 1. The molecule has 0 saturated heterocycles. The highest BCUT2D eigenvalue weighted by Gasteiger charge is 2.29. The Bertz CT molecular complexity index is 809. The molecule has 0 aliphatic carbocycles. The summed E-state index contributed by atoms with van der Waals surface area (Å²) in [6.45, 7) is -0.529. The van der Waals surface area contributed by atoms with Crippen LogP contribution in [0.25, 0.3) is 0 Å². The predicted octanol–water partition coefficient (Wildman–Crippen LogP) is 3.29. The fourth-order valence-electron chi connectivity index (χ4n) is 2.45. The molecule has 6 nitrogen and oxygen atoms in total. The maximum absolute atomic E-state index is 12.3. The Labute approximate surface area is 167 Å². The van der Waals surface area contributed by atoms with Gasteiger partial charge < -0.3 is 25.3 Å². The molecule has 0 fully saturated rings. The quantitative estimate of drug-likeness (QED) is 0.489. The maximum atomic E-state index is 12.3. The maximum Gasteiger partial charge on any atom is 0.422 e. The zero-order valence-corrected chi connectivity index (χ0v) is 16.3. The van der Waals surface area contributed by atoms with Crippen molar-refractivity contribution < 1.29 is 27.4 Å². The Morgan fingerprint density at radius 2 is 1.69 bits per heavy atom. The van der Waals surface area contributed by atoms with Gasteiger partial charge in [0.1, 0.15) is 5.75 Å². The number of hydrogen-bond acceptors (Lipinski definition) is 4. The Hall–Kier alpha value is -3.10. The van der Waals surface area contributed by atoms with E-state index in [-0.39, 0.29) is 24.0 Å². The standard InChI is InChI=1S/C20H24F3N3O3/c1-27-16-6-3-14(4-7-16)9-10-25-19(24)26-12-15-5-8-17(18(11-15)28-2)29-13-20(21,22)23/h3-8,11H,9-10,12-13H2,1-2H3,(H3,24,25,26). The molecular weight excluding hydrogens is 387 g/mol. The number of rotatable bonds is 9. The smallest absolute Gasteiger partial charge is 0.422 e. The summed E-state index contributed by atoms with van der Waals surface area (Å²) in [4.78, 5) is 4.23. The first kappa shape index (κ1) is 22.2. The fourth-order valence-corrected chi connectivity index (χ4v) is 2.45. The van der Waals surface area contributed by atoms with Crippen LogP contribution in [0, 0.1) is 0 Å². The van der Waals surface area contributed by atoms with Gasteiger partial charge in [0.15, 0.2) is 24.1 Å². The van der Waals surface area contributed by atoms with Gasteiger partial charge in [-0.05, 0) is 41.8 Å². The number of methoxy groups -OCH3 is 2. The lowest BCUT2D eigenvalue weighted by Gasteiger charge is -2.13. The summed E-state index contributed by atoms with van der Waals surface area (Å²) in [6, 6.07) is 12.3. The molecule has 0 amide bonds. The van der Waals surface area contributed by atoms with Crippen LogP contribution in [-0.2, 0) is 13.0 Å². The van der Waals surface area contributed by atoms with E-state index in [1.165, 1.54) is 13.2 Å². The van der Waals surface area contributed by atoms with E-state index in [0.717, 1.165) is 23.3 Å². The molecule has 3 N–H and O–H groups in total. The Kier molecular flexibility index (Phi) is 7.99. The van der Waals surface area contributed by atoms with Crippen molar-refractivity contribution in [3.05, 3.63) is 53.6 Å². The van der Waals surface area contributed by atoms with Gasteiger partial charge in [-0.2, -0.15) is 13.2 Å². The van der Waals surface area contributed by atoms with Gasteiger partial charge >= 0.3 is 6.18 Å². The van der Waals surface area contributed by atoms with Gasteiger partial charge in [0, 0.05) is 6.54 Å². The molecule has 0 unspecified atom stereocenters. The van der Waals surface area contributed by atoms with Crippen LogP contribution in [0.4, 0.5) is 13.2 Å². The van der Waals surface area contributed by atoms with Crippen molar-refractivity contribution in [3.8, 4) is 17.2 Å². The van der Waals surface area contributed by atoms with Crippen LogP contribution < -0.4 is 25.3 Å². The molecule has 0 bridgehead atoms. The van der Waals surface area contributed by atoms with Crippen LogP contribution in [0.3, 0.4) is 0 Å². The van der Waals surface area contributed by atoms with Crippen molar-refractivity contribution >= 4 is 5.96 Å². The second kappa shape index (κ2) is 10.4. The van der Waals surface area contributed by atoms with Gasteiger partial charge in [-0.15, -0.1) is 0 Å². The number of guanidine groups is 1. The molecule has 0 aliphatic heterocycles. The number of hydrogen-bond donors (Lipinski definition) is 2. The Balaban J connectivity index is 1.85. The van der Waals surface area contributed by atoms with E-state index in [0.29, 0.717) is 6.54 Å². The summed E-state index contributed by atoms with van der Waals surface area (Å²) in [5.41, 5.74) is 7.72. The number of nitrogens with two attached hydrogens (primary N) is 1. The third-order valence-corrected chi connectivity index (χ3v) is 3.93. The summed E-state index contributed by atoms with van der Waals surface area (Å²) in [5, 5.41) is 3.02. The molecule has 2 rings (SSSR count). The van der Waals surface area contributed by atoms with Crippen molar-refractivity contribution in [2.45, 2.75) is 19.1 Å². The third-order valence-electron chi connectivity index (χ3n) is 3.93. The average Bonchev–Trinajstić information content (AvgIpc) is 2.70. The monoisotopic (exact) mass is 411 g/mol. The molecule has 0 radical (unpaired) electrons. The number of benzene rings is 2. The molecule has 158 valence electrons. The highest BCUT2D eigenvalue weighted by Crippen LogP contribution is 2.30. The van der Waals surface area contributed by atoms with Gasteiger partial charge in [-0.3, -0.25) is 0 Å². The van der Waals surface area contributed by atoms with E-state index in [1.54, 1.807) is 19.2 Å². The van der Waals surface area contributed by atoms with Crippen molar-refractivity contribution in [2.24, 2.45) is 10.7 Å². The van der Waals surface area contributed by atoms with Gasteiger partial charge in [0.05, 0.1) is 20.8 Å². The number of halogens is 3. The van der Waals surface area contributed by atoms with Crippen molar-refractivity contribution in [2.75, 3.05) is 27.4 Å². The van der Waals surface area contributed by atoms with Gasteiger partial charge in [0.2, 0.25) is 0 Å². The zero-order chi connectivity index (χ0) is 21.3. The molecule has 29 heavy (non-hydrogen) atoms. The minimum atomic E-state index is -4.42. The molecule has 0 aromatic heterocycles. The van der Waals surface area contributed by atoms with E-state index >= 15 is 0 Å². The fraction of sp³-hybridized carbons (Fsp3) is 0.350. The molecular formula is C20H24F3N3O3. The van der Waals surface area contributed by atoms with Crippen molar-refractivity contribution in [3.63, 3.8) is 0 Å². The van der Waals surface area contributed by atoms with Gasteiger partial charge in [-0.1, -0.05) is 18.2 Å². The molecule has 2 aromatic carbocycles. The third kappa shape index (κ3) is 7.81. The highest BCUT2D eigenvalue weighted by molar-refractivity contribution is 5.77. The lowest BCUT2D eigenvalue weighted by atomic mass is 10.1. The van der Waals surface area contributed by atoms with Crippen LogP contribution in [0.1, 0.15) is 11.1 Å². The first-order valence-electron chi connectivity index (χ1n) is 8.84. The molecule has 0 heterocycles. The molecule has 0 spiro atoms. The minimum absolute atomic E-state index is 0.0168. The van der Waals surface area contributed by atoms with Crippen molar-refractivity contribution in [1.82, 2.24) is 5.32 Å². The van der Waals surface area contributed by atoms with Gasteiger partial charge in [0.25, 0.3) is 0 Å². The van der Waals surface area contributed by atoms with Crippen LogP contribution >= 0.6 is 0 Å². The van der Waals surface area contributed by atoms with E-state index in [1.807, 2.05) is 24.3 Å². The van der Waals surface area contributed by atoms with E-state index in [4.69, 9.17) is 19.9 Å². The lowest BCUT2D eigenvalue weighted by Crippen LogP contribution is -2.33. The zero-order valence-electron chi connectivity index (χ0n) is 16.3. The van der Waals surface area contributed by atoms with Crippen molar-refractivity contribution in [1.29, 1.82) is 0 Å². The topological polar surface area (TPSA) is 78.1 Å². The number of alkyl halides is 3. The Morgan fingerprint density at radius 3 is 2.31 bits per heavy atom. The summed E-state index contributed by atoms with van der Waals surface area (Å²) in [6.07, 6.45) is -3.65. The molecule has 2 aromatic rings. The summed E-state index contributed by atoms with van der Waals surface area (Å²) in [7, 11) is 2.98. The molecule has 0 aliphatic rings. The van der Waals surface area contributed by atoms with Crippen LogP contribution in [0.5, 0.6) is 17.2 Å². The first-order chi connectivity index (χ1) is 13.8. The van der Waals surface area contributed by atoms with Crippen LogP contribution in [-0.4, -0.2) is 39.5 Å². The molecule has 9 heteroatoms. The highest BCUT2D eigenvalue weighted by atomic mass is 19.4. The average molecular weight is 411 g/mol. The Morgan fingerprint density at radius 1 is 1.00 bits per heavy atom. The number of aliphatic imine (C=N–C) groups is 1. The second-order valence-corrected chi connectivity index (χ2v) is 6.12. The second-order valence-electron chi connectivity index (χ2n) is 6.12. The summed E-state index contributed by atoms with van der Waals surface area (Å²) < 4.78 is 51.9.